The highest BCUT2D eigenvalue weighted by Gasteiger charge is 2.05. The van der Waals surface area contributed by atoms with Gasteiger partial charge in [-0.05, 0) is 12.0 Å². The second kappa shape index (κ2) is 7.34. The fourth-order valence-electron chi connectivity index (χ4n) is 0.514. The Hall–Kier alpha value is 0.230. The van der Waals surface area contributed by atoms with Gasteiger partial charge in [-0.1, -0.05) is 0 Å². The summed E-state index contributed by atoms with van der Waals surface area (Å²) in [4.78, 5) is 0. The summed E-state index contributed by atoms with van der Waals surface area (Å²) in [7, 11) is 3.29. The second-order valence-corrected chi connectivity index (χ2v) is 2.33. The van der Waals surface area contributed by atoms with E-state index in [1.807, 2.05) is 6.26 Å². The maximum absolute atomic E-state index is 5.05. The van der Waals surface area contributed by atoms with Gasteiger partial charge in [0.05, 0.1) is 13.2 Å². The molecule has 1 atom stereocenters. The predicted octanol–water partition coefficient (Wildman–Crippen LogP) is 0.942. The first kappa shape index (κ1) is 10.2. The molecule has 0 amide bonds. The Kier molecular flexibility index (Phi) is 7.51. The molecule has 0 aromatic heterocycles. The Morgan fingerprint density at radius 2 is 2.00 bits per heavy atom. The van der Waals surface area contributed by atoms with Crippen LogP contribution >= 0.6 is 12.0 Å². The molecule has 0 aliphatic heterocycles. The van der Waals surface area contributed by atoms with E-state index in [1.165, 1.54) is 12.0 Å². The third kappa shape index (κ3) is 5.05. The molecule has 0 radical (unpaired) electrons. The largest absolute Gasteiger partial charge is 0.382 e. The Balaban J connectivity index is 3.21. The van der Waals surface area contributed by atoms with Crippen LogP contribution in [0.15, 0.2) is 0 Å². The molecular weight excluding hydrogens is 152 g/mol. The van der Waals surface area contributed by atoms with Gasteiger partial charge in [0, 0.05) is 20.5 Å². The predicted molar refractivity (Wildman–Crippen MR) is 42.1 cm³/mol. The van der Waals surface area contributed by atoms with E-state index in [0.29, 0.717) is 13.2 Å². The fraction of sp³-hybridized carbons (Fsp3) is 1.00. The van der Waals surface area contributed by atoms with E-state index in [4.69, 9.17) is 13.7 Å². The number of ether oxygens (including phenoxy) is 2. The Morgan fingerprint density at radius 3 is 2.40 bits per heavy atom. The van der Waals surface area contributed by atoms with E-state index in [-0.39, 0.29) is 6.10 Å². The van der Waals surface area contributed by atoms with E-state index < -0.39 is 0 Å². The molecule has 1 unspecified atom stereocenters. The highest BCUT2D eigenvalue weighted by atomic mass is 32.2. The summed E-state index contributed by atoms with van der Waals surface area (Å²) < 4.78 is 15.0. The first-order valence-corrected chi connectivity index (χ1v) is 4.17. The monoisotopic (exact) mass is 166 g/mol. The average Bonchev–Trinajstić information content (AvgIpc) is 1.98. The molecule has 0 spiro atoms. The van der Waals surface area contributed by atoms with Crippen LogP contribution in [0.3, 0.4) is 0 Å². The molecular formula is C6H14O3S. The van der Waals surface area contributed by atoms with E-state index in [2.05, 4.69) is 0 Å². The molecule has 0 fully saturated rings. The third-order valence-corrected chi connectivity index (χ3v) is 1.43. The molecule has 0 aromatic rings. The van der Waals surface area contributed by atoms with Gasteiger partial charge in [0.2, 0.25) is 0 Å². The molecule has 0 N–H and O–H groups in total. The topological polar surface area (TPSA) is 27.7 Å². The minimum atomic E-state index is 0.0532. The van der Waals surface area contributed by atoms with Crippen molar-refractivity contribution in [2.24, 2.45) is 0 Å². The third-order valence-electron chi connectivity index (χ3n) is 1.06. The number of methoxy groups -OCH3 is 2. The summed E-state index contributed by atoms with van der Waals surface area (Å²) in [6.45, 7) is 1.16. The van der Waals surface area contributed by atoms with E-state index in [0.717, 1.165) is 0 Å². The molecule has 0 saturated carbocycles. The molecule has 0 aromatic carbocycles. The zero-order chi connectivity index (χ0) is 7.82. The van der Waals surface area contributed by atoms with Gasteiger partial charge in [-0.3, -0.25) is 0 Å². The van der Waals surface area contributed by atoms with Crippen LogP contribution in [0, 0.1) is 0 Å². The summed E-state index contributed by atoms with van der Waals surface area (Å²) in [5, 5.41) is 0. The maximum Gasteiger partial charge on any atom is 0.105 e. The van der Waals surface area contributed by atoms with E-state index in [1.54, 1.807) is 14.2 Å². The van der Waals surface area contributed by atoms with Gasteiger partial charge in [-0.2, -0.15) is 0 Å². The second-order valence-electron chi connectivity index (χ2n) is 1.76. The summed E-state index contributed by atoms with van der Waals surface area (Å²) >= 11 is 1.34. The lowest BCUT2D eigenvalue weighted by Crippen LogP contribution is -2.22. The van der Waals surface area contributed by atoms with Crippen LogP contribution < -0.4 is 0 Å². The van der Waals surface area contributed by atoms with Crippen LogP contribution in [0.25, 0.3) is 0 Å². The van der Waals surface area contributed by atoms with Gasteiger partial charge < -0.3 is 13.7 Å². The van der Waals surface area contributed by atoms with Crippen molar-refractivity contribution < 1.29 is 13.7 Å². The van der Waals surface area contributed by atoms with Crippen molar-refractivity contribution in [3.8, 4) is 0 Å². The van der Waals surface area contributed by atoms with Gasteiger partial charge in [-0.25, -0.2) is 0 Å². The van der Waals surface area contributed by atoms with Crippen molar-refractivity contribution in [3.63, 3.8) is 0 Å². The van der Waals surface area contributed by atoms with Gasteiger partial charge in [0.15, 0.2) is 0 Å². The fourth-order valence-corrected chi connectivity index (χ4v) is 0.802. The van der Waals surface area contributed by atoms with Crippen LogP contribution in [0.1, 0.15) is 0 Å². The summed E-state index contributed by atoms with van der Waals surface area (Å²) in [6.07, 6.45) is 1.93. The smallest absolute Gasteiger partial charge is 0.105 e. The normalized spacial score (nSPS) is 13.5. The van der Waals surface area contributed by atoms with Crippen LogP contribution in [0.5, 0.6) is 0 Å². The minimum absolute atomic E-state index is 0.0532. The Bertz CT molecular complexity index is 70.0. The van der Waals surface area contributed by atoms with Gasteiger partial charge in [0.25, 0.3) is 0 Å². The summed E-state index contributed by atoms with van der Waals surface area (Å²) in [5.74, 6) is 0. The van der Waals surface area contributed by atoms with Gasteiger partial charge in [-0.15, -0.1) is 0 Å². The molecule has 0 aliphatic carbocycles. The molecule has 0 heterocycles. The molecule has 0 bridgehead atoms. The summed E-state index contributed by atoms with van der Waals surface area (Å²) in [6, 6.07) is 0. The Morgan fingerprint density at radius 1 is 1.30 bits per heavy atom. The molecule has 62 valence electrons. The minimum Gasteiger partial charge on any atom is -0.382 e. The Labute approximate surface area is 66.2 Å². The van der Waals surface area contributed by atoms with Crippen molar-refractivity contribution >= 4 is 12.0 Å². The zero-order valence-corrected chi connectivity index (χ0v) is 7.44. The maximum atomic E-state index is 5.05. The lowest BCUT2D eigenvalue weighted by Gasteiger charge is -2.12. The van der Waals surface area contributed by atoms with E-state index in [9.17, 15) is 0 Å². The first-order chi connectivity index (χ1) is 4.85. The molecule has 0 aliphatic rings. The standard InChI is InChI=1S/C6H14O3S/c1-7-4-6(8-2)5-9-10-3/h6H,4-5H2,1-3H3. The molecule has 4 heteroatoms. The van der Waals surface area contributed by atoms with Crippen LogP contribution in [0.2, 0.25) is 0 Å². The molecule has 10 heavy (non-hydrogen) atoms. The summed E-state index contributed by atoms with van der Waals surface area (Å²) in [5.41, 5.74) is 0. The van der Waals surface area contributed by atoms with Crippen molar-refractivity contribution in [2.45, 2.75) is 6.10 Å². The van der Waals surface area contributed by atoms with Crippen LogP contribution in [-0.2, 0) is 13.7 Å². The SMILES string of the molecule is COCC(COSC)OC. The highest BCUT2D eigenvalue weighted by molar-refractivity contribution is 7.93. The molecule has 3 nitrogen and oxygen atoms in total. The van der Waals surface area contributed by atoms with Gasteiger partial charge >= 0.3 is 0 Å². The molecule has 0 rings (SSSR count). The lowest BCUT2D eigenvalue weighted by atomic mass is 10.4. The van der Waals surface area contributed by atoms with Crippen LogP contribution in [-0.4, -0.2) is 39.8 Å². The number of hydrogen-bond donors (Lipinski definition) is 0. The van der Waals surface area contributed by atoms with Crippen LogP contribution in [0.4, 0.5) is 0 Å². The first-order valence-electron chi connectivity index (χ1n) is 3.02. The number of hydrogen-bond acceptors (Lipinski definition) is 4. The highest BCUT2D eigenvalue weighted by Crippen LogP contribution is 1.99. The quantitative estimate of drug-likeness (QED) is 0.549. The van der Waals surface area contributed by atoms with E-state index >= 15 is 0 Å². The van der Waals surface area contributed by atoms with Gasteiger partial charge in [0.1, 0.15) is 6.10 Å². The van der Waals surface area contributed by atoms with Crippen molar-refractivity contribution in [1.82, 2.24) is 0 Å². The lowest BCUT2D eigenvalue weighted by molar-refractivity contribution is 0.00514. The van der Waals surface area contributed by atoms with Crippen molar-refractivity contribution in [2.75, 3.05) is 33.7 Å². The number of rotatable bonds is 6. The molecule has 0 saturated heterocycles. The zero-order valence-electron chi connectivity index (χ0n) is 6.62. The van der Waals surface area contributed by atoms with Crippen molar-refractivity contribution in [3.05, 3.63) is 0 Å². The van der Waals surface area contributed by atoms with Crippen molar-refractivity contribution in [1.29, 1.82) is 0 Å². The average molecular weight is 166 g/mol.